The number of ether oxygens (including phenoxy) is 1. The Balaban J connectivity index is 1.42. The van der Waals surface area contributed by atoms with Crippen LogP contribution in [0.25, 0.3) is 0 Å². The van der Waals surface area contributed by atoms with Gasteiger partial charge in [0.2, 0.25) is 11.6 Å². The van der Waals surface area contributed by atoms with E-state index in [2.05, 4.69) is 5.32 Å². The molecule has 0 aromatic heterocycles. The number of carbonyl (C=O) groups excluding carboxylic acids is 3. The average molecular weight is 1050 g/mol. The molecule has 0 saturated heterocycles. The van der Waals surface area contributed by atoms with Crippen LogP contribution in [0.1, 0.15) is 76.3 Å². The number of allylic oxidation sites excluding steroid dienone is 8. The zero-order valence-electron chi connectivity index (χ0n) is 38.8. The molecule has 2 atom stereocenters. The van der Waals surface area contributed by atoms with E-state index in [9.17, 15) is 66.3 Å². The first-order valence-corrected chi connectivity index (χ1v) is 28.2. The quantitative estimate of drug-likeness (QED) is 0.0465. The van der Waals surface area contributed by atoms with Gasteiger partial charge in [0.25, 0.3) is 11.8 Å². The van der Waals surface area contributed by atoms with Crippen LogP contribution in [-0.4, -0.2) is 136 Å². The van der Waals surface area contributed by atoms with Crippen LogP contribution in [-0.2, 0) is 70.4 Å². The maximum atomic E-state index is 12.5. The van der Waals surface area contributed by atoms with Gasteiger partial charge in [-0.2, -0.15) is 4.58 Å². The van der Waals surface area contributed by atoms with Crippen LogP contribution in [0.2, 0.25) is 0 Å². The van der Waals surface area contributed by atoms with Crippen molar-refractivity contribution in [2.45, 2.75) is 85.8 Å². The minimum Gasteiger partial charge on any atom is -0.748 e. The number of hydrogen-bond acceptors (Lipinski definition) is 17. The zero-order chi connectivity index (χ0) is 51.7. The number of methoxy groups -OCH3 is 1. The Morgan fingerprint density at radius 1 is 0.700 bits per heavy atom. The molecule has 2 unspecified atom stereocenters. The number of imide groups is 1. The fraction of sp³-hybridized carbons (Fsp3) is 0.435. The molecule has 3 aliphatic heterocycles. The fourth-order valence-electron chi connectivity index (χ4n) is 9.03. The topological polar surface area (TPSA) is 311 Å². The summed E-state index contributed by atoms with van der Waals surface area (Å²) >= 11 is 0. The number of anilines is 1. The first kappa shape index (κ1) is 55.7. The first-order chi connectivity index (χ1) is 32.7. The molecule has 70 heavy (non-hydrogen) atoms. The largest absolute Gasteiger partial charge is 0.748 e. The maximum absolute atomic E-state index is 12.5. The van der Waals surface area contributed by atoms with Crippen molar-refractivity contribution in [3.8, 4) is 0 Å². The molecule has 3 heterocycles. The van der Waals surface area contributed by atoms with E-state index in [-0.39, 0.29) is 57.7 Å². The van der Waals surface area contributed by atoms with E-state index >= 15 is 0 Å². The number of amides is 3. The average Bonchev–Trinajstić information content (AvgIpc) is 3.79. The van der Waals surface area contributed by atoms with Gasteiger partial charge in [0.1, 0.15) is 26.8 Å². The van der Waals surface area contributed by atoms with Crippen molar-refractivity contribution in [2.75, 3.05) is 56.3 Å². The number of benzene rings is 2. The van der Waals surface area contributed by atoms with E-state index in [1.807, 2.05) is 9.48 Å². The summed E-state index contributed by atoms with van der Waals surface area (Å²) in [5.74, 6) is -2.54. The molecule has 24 heteroatoms. The third-order valence-corrected chi connectivity index (χ3v) is 15.7. The predicted octanol–water partition coefficient (Wildman–Crippen LogP) is 3.08. The van der Waals surface area contributed by atoms with Crippen molar-refractivity contribution in [1.29, 1.82) is 0 Å². The highest BCUT2D eigenvalue weighted by molar-refractivity contribution is 7.86. The SMILES string of the molecule is COCCN1/C(=C/C=C/C=C/C=C/C2=[N+](CCCCCC(=O)NCCN3C(=O)C=CC3=O)c3ccc(S(=O)(=O)[O-])cc3C2(C)CCCS(=O)(=O)[O-])C(C)(CCCS(=O)(=O)[O-])c2cc(S(=O)(=O)[O-])ccc21. The molecule has 3 aliphatic rings. The lowest BCUT2D eigenvalue weighted by atomic mass is 9.76. The van der Waals surface area contributed by atoms with Gasteiger partial charge in [-0.15, -0.1) is 0 Å². The number of unbranched alkanes of at least 4 members (excludes halogenated alkanes) is 2. The van der Waals surface area contributed by atoms with Crippen LogP contribution in [0.5, 0.6) is 0 Å². The third kappa shape index (κ3) is 14.2. The Bertz CT molecular complexity index is 2980. The van der Waals surface area contributed by atoms with Crippen molar-refractivity contribution in [1.82, 2.24) is 10.2 Å². The molecular formula is C46H55N4O16S4-3. The van der Waals surface area contributed by atoms with Crippen molar-refractivity contribution >= 4 is 75.3 Å². The summed E-state index contributed by atoms with van der Waals surface area (Å²) in [7, 11) is -17.5. The van der Waals surface area contributed by atoms with E-state index in [1.54, 1.807) is 56.4 Å². The Hall–Kier alpha value is -5.18. The second-order valence-electron chi connectivity index (χ2n) is 17.3. The van der Waals surface area contributed by atoms with E-state index < -0.39 is 84.4 Å². The Kier molecular flexibility index (Phi) is 18.3. The number of fused-ring (bicyclic) bond motifs is 2. The molecule has 0 spiro atoms. The first-order valence-electron chi connectivity index (χ1n) is 22.2. The van der Waals surface area contributed by atoms with Gasteiger partial charge >= 0.3 is 0 Å². The standard InChI is InChI=1S/C46H58N4O16S4/c1-45(23-12-30-67(54,55)56)36-32-34(69(60,61)62)17-19-38(36)48(26-11-7-10-16-42(51)47-25-27-50-43(52)21-22-44(50)53)40(45)14-8-5-4-6-9-15-41-46(2,24-13-31-68(57,58)59)37-33-35(70(63,64)65)18-20-39(37)49(41)28-29-66-3/h4-6,8-9,14-15,17-22,32-33H,7,10-13,16,23-31H2,1-3H3,(H4-,47,51,54,55,56,57,58,59,60,61,62,63,64,65)/p-3. The molecule has 0 fully saturated rings. The number of nitrogens with one attached hydrogen (secondary N) is 1. The lowest BCUT2D eigenvalue weighted by Crippen LogP contribution is -2.38. The van der Waals surface area contributed by atoms with Crippen LogP contribution >= 0.6 is 0 Å². The highest BCUT2D eigenvalue weighted by Gasteiger charge is 2.48. The Morgan fingerprint density at radius 2 is 1.27 bits per heavy atom. The van der Waals surface area contributed by atoms with Crippen LogP contribution < -0.4 is 10.2 Å². The summed E-state index contributed by atoms with van der Waals surface area (Å²) in [4.78, 5) is 38.0. The van der Waals surface area contributed by atoms with Gasteiger partial charge in [0.15, 0.2) is 5.71 Å². The second-order valence-corrected chi connectivity index (χ2v) is 23.2. The smallest absolute Gasteiger partial charge is 0.253 e. The minimum atomic E-state index is -4.91. The Morgan fingerprint density at radius 3 is 1.87 bits per heavy atom. The van der Waals surface area contributed by atoms with Gasteiger partial charge < -0.3 is 33.2 Å². The minimum absolute atomic E-state index is 0.0312. The molecule has 0 saturated carbocycles. The summed E-state index contributed by atoms with van der Waals surface area (Å²) in [5, 5.41) is 2.70. The van der Waals surface area contributed by atoms with Crippen LogP contribution in [0.4, 0.5) is 11.4 Å². The number of hydrogen-bond donors (Lipinski definition) is 1. The second kappa shape index (κ2) is 22.9. The lowest BCUT2D eigenvalue weighted by Gasteiger charge is -2.30. The summed E-state index contributed by atoms with van der Waals surface area (Å²) < 4.78 is 150. The molecule has 5 rings (SSSR count). The van der Waals surface area contributed by atoms with E-state index in [4.69, 9.17) is 4.74 Å². The highest BCUT2D eigenvalue weighted by atomic mass is 32.2. The maximum Gasteiger partial charge on any atom is 0.253 e. The number of carbonyl (C=O) groups is 3. The predicted molar refractivity (Wildman–Crippen MR) is 253 cm³/mol. The Labute approximate surface area is 409 Å². The fourth-order valence-corrected chi connectivity index (χ4v) is 11.0. The van der Waals surface area contributed by atoms with E-state index in [0.29, 0.717) is 66.3 Å². The van der Waals surface area contributed by atoms with Crippen molar-refractivity contribution in [2.24, 2.45) is 0 Å². The highest BCUT2D eigenvalue weighted by Crippen LogP contribution is 2.51. The molecule has 20 nitrogen and oxygen atoms in total. The van der Waals surface area contributed by atoms with Gasteiger partial charge in [-0.25, -0.2) is 33.7 Å². The van der Waals surface area contributed by atoms with E-state index in [0.717, 1.165) is 17.1 Å². The lowest BCUT2D eigenvalue weighted by molar-refractivity contribution is -0.438. The summed E-state index contributed by atoms with van der Waals surface area (Å²) in [6.07, 6.45) is 16.0. The summed E-state index contributed by atoms with van der Waals surface area (Å²) in [6, 6.07) is 7.90. The molecule has 3 amide bonds. The van der Waals surface area contributed by atoms with Gasteiger partial charge in [-0.3, -0.25) is 19.3 Å². The van der Waals surface area contributed by atoms with E-state index in [1.165, 1.54) is 43.5 Å². The van der Waals surface area contributed by atoms with Gasteiger partial charge in [0.05, 0.1) is 42.0 Å². The number of rotatable bonds is 26. The normalized spacial score (nSPS) is 20.4. The van der Waals surface area contributed by atoms with Gasteiger partial charge in [0, 0.05) is 97.7 Å². The molecule has 0 radical (unpaired) electrons. The molecule has 0 aliphatic carbocycles. The zero-order valence-corrected chi connectivity index (χ0v) is 42.0. The molecule has 2 aromatic carbocycles. The molecule has 0 bridgehead atoms. The van der Waals surface area contributed by atoms with Crippen LogP contribution in [0, 0.1) is 0 Å². The molecule has 2 aromatic rings. The van der Waals surface area contributed by atoms with Crippen LogP contribution in [0.15, 0.2) is 107 Å². The molecular weight excluding hydrogens is 993 g/mol. The molecule has 382 valence electrons. The van der Waals surface area contributed by atoms with Crippen molar-refractivity contribution < 1.29 is 75.6 Å². The van der Waals surface area contributed by atoms with Crippen molar-refractivity contribution in [3.05, 3.63) is 108 Å². The third-order valence-electron chi connectivity index (χ3n) is 12.5. The van der Waals surface area contributed by atoms with Gasteiger partial charge in [-0.05, 0) is 94.3 Å². The van der Waals surface area contributed by atoms with Crippen molar-refractivity contribution in [3.63, 3.8) is 0 Å². The van der Waals surface area contributed by atoms with Gasteiger partial charge in [-0.1, -0.05) is 30.4 Å². The summed E-state index contributed by atoms with van der Waals surface area (Å²) in [6.45, 7) is 4.52. The van der Waals surface area contributed by atoms with Crippen LogP contribution in [0.3, 0.4) is 0 Å². The number of nitrogens with zero attached hydrogens (tertiary/aromatic N) is 3. The monoisotopic (exact) mass is 1050 g/mol. The summed E-state index contributed by atoms with van der Waals surface area (Å²) in [5.41, 5.74) is 1.07. The molecule has 1 N–H and O–H groups in total.